The zero-order chi connectivity index (χ0) is 10.6. The Morgan fingerprint density at radius 1 is 1.43 bits per heavy atom. The fraction of sp³-hybridized carbons (Fsp3) is 0.600. The largest absolute Gasteiger partial charge is 0.370 e. The Hall–Kier alpha value is -0.830. The fourth-order valence-corrected chi connectivity index (χ4v) is 1.15. The summed E-state index contributed by atoms with van der Waals surface area (Å²) in [4.78, 5) is 7.85. The molecule has 1 heterocycles. The molecular formula is C10H16ClN3. The number of halogens is 1. The Bertz CT molecular complexity index is 294. The summed E-state index contributed by atoms with van der Waals surface area (Å²) >= 11 is 5.65. The van der Waals surface area contributed by atoms with Gasteiger partial charge in [0.25, 0.3) is 0 Å². The topological polar surface area (TPSA) is 37.8 Å². The van der Waals surface area contributed by atoms with Gasteiger partial charge in [0.15, 0.2) is 0 Å². The Morgan fingerprint density at radius 2 is 2.14 bits per heavy atom. The lowest BCUT2D eigenvalue weighted by atomic mass is 9.92. The molecule has 0 aliphatic heterocycles. The summed E-state index contributed by atoms with van der Waals surface area (Å²) in [5, 5.41) is 3.49. The molecule has 0 amide bonds. The van der Waals surface area contributed by atoms with Gasteiger partial charge in [-0.05, 0) is 29.5 Å². The van der Waals surface area contributed by atoms with Gasteiger partial charge >= 0.3 is 0 Å². The van der Waals surface area contributed by atoms with Crippen molar-refractivity contribution in [1.82, 2.24) is 9.97 Å². The predicted molar refractivity (Wildman–Crippen MR) is 59.6 cm³/mol. The lowest BCUT2D eigenvalue weighted by Crippen LogP contribution is -2.13. The molecule has 0 atom stereocenters. The summed E-state index contributed by atoms with van der Waals surface area (Å²) in [5.74, 6) is 0.786. The molecule has 14 heavy (non-hydrogen) atoms. The van der Waals surface area contributed by atoms with Gasteiger partial charge in [0.1, 0.15) is 5.82 Å². The van der Waals surface area contributed by atoms with Gasteiger partial charge in [-0.25, -0.2) is 9.97 Å². The van der Waals surface area contributed by atoms with Gasteiger partial charge in [0.2, 0.25) is 5.28 Å². The van der Waals surface area contributed by atoms with Gasteiger partial charge in [-0.3, -0.25) is 0 Å². The predicted octanol–water partition coefficient (Wildman–Crippen LogP) is 2.98. The van der Waals surface area contributed by atoms with Crippen LogP contribution in [-0.2, 0) is 0 Å². The lowest BCUT2D eigenvalue weighted by Gasteiger charge is -2.18. The molecular weight excluding hydrogens is 198 g/mol. The third-order valence-electron chi connectivity index (χ3n) is 1.81. The van der Waals surface area contributed by atoms with Gasteiger partial charge in [-0.15, -0.1) is 0 Å². The van der Waals surface area contributed by atoms with E-state index in [0.29, 0.717) is 5.41 Å². The van der Waals surface area contributed by atoms with Crippen LogP contribution in [0, 0.1) is 5.41 Å². The van der Waals surface area contributed by atoms with Gasteiger partial charge in [-0.2, -0.15) is 0 Å². The average Bonchev–Trinajstić information content (AvgIpc) is 2.01. The maximum absolute atomic E-state index is 5.65. The number of nitrogens with zero attached hydrogens (tertiary/aromatic N) is 2. The van der Waals surface area contributed by atoms with Gasteiger partial charge < -0.3 is 5.32 Å². The molecule has 0 unspecified atom stereocenters. The lowest BCUT2D eigenvalue weighted by molar-refractivity contribution is 0.389. The van der Waals surface area contributed by atoms with Crippen LogP contribution in [0.5, 0.6) is 0 Å². The van der Waals surface area contributed by atoms with E-state index in [2.05, 4.69) is 36.1 Å². The summed E-state index contributed by atoms with van der Waals surface area (Å²) in [6.45, 7) is 7.53. The summed E-state index contributed by atoms with van der Waals surface area (Å²) in [6.07, 6.45) is 2.74. The smallest absolute Gasteiger partial charge is 0.224 e. The van der Waals surface area contributed by atoms with E-state index in [1.807, 2.05) is 6.07 Å². The second kappa shape index (κ2) is 4.60. The molecule has 1 aromatic heterocycles. The molecule has 0 spiro atoms. The molecule has 1 N–H and O–H groups in total. The summed E-state index contributed by atoms with van der Waals surface area (Å²) in [6, 6.07) is 1.81. The second-order valence-corrected chi connectivity index (χ2v) is 4.79. The van der Waals surface area contributed by atoms with Crippen molar-refractivity contribution in [2.45, 2.75) is 27.2 Å². The molecule has 0 radical (unpaired) electrons. The number of hydrogen-bond acceptors (Lipinski definition) is 3. The number of rotatable bonds is 3. The third-order valence-corrected chi connectivity index (χ3v) is 1.99. The van der Waals surface area contributed by atoms with E-state index in [4.69, 9.17) is 11.6 Å². The first-order chi connectivity index (χ1) is 6.47. The highest BCUT2D eigenvalue weighted by molar-refractivity contribution is 6.28. The highest BCUT2D eigenvalue weighted by Crippen LogP contribution is 2.18. The SMILES string of the molecule is CC(C)(C)CCNc1ccnc(Cl)n1. The minimum absolute atomic E-state index is 0.283. The molecule has 4 heteroatoms. The van der Waals surface area contributed by atoms with Crippen LogP contribution in [0.15, 0.2) is 12.3 Å². The van der Waals surface area contributed by atoms with E-state index < -0.39 is 0 Å². The zero-order valence-electron chi connectivity index (χ0n) is 8.84. The van der Waals surface area contributed by atoms with Crippen LogP contribution in [0.1, 0.15) is 27.2 Å². The number of aromatic nitrogens is 2. The first-order valence-electron chi connectivity index (χ1n) is 4.70. The van der Waals surface area contributed by atoms with Crippen molar-refractivity contribution >= 4 is 17.4 Å². The van der Waals surface area contributed by atoms with Crippen molar-refractivity contribution in [3.63, 3.8) is 0 Å². The Morgan fingerprint density at radius 3 is 2.71 bits per heavy atom. The van der Waals surface area contributed by atoms with E-state index in [1.165, 1.54) is 0 Å². The van der Waals surface area contributed by atoms with Crippen LogP contribution in [0.25, 0.3) is 0 Å². The van der Waals surface area contributed by atoms with Crippen molar-refractivity contribution in [1.29, 1.82) is 0 Å². The normalized spacial score (nSPS) is 11.4. The van der Waals surface area contributed by atoms with Crippen molar-refractivity contribution in [3.8, 4) is 0 Å². The average molecular weight is 214 g/mol. The number of anilines is 1. The summed E-state index contributed by atoms with van der Waals surface area (Å²) < 4.78 is 0. The first-order valence-corrected chi connectivity index (χ1v) is 5.08. The van der Waals surface area contributed by atoms with Gasteiger partial charge in [0.05, 0.1) is 0 Å². The monoisotopic (exact) mass is 213 g/mol. The zero-order valence-corrected chi connectivity index (χ0v) is 9.60. The Balaban J connectivity index is 2.39. The van der Waals surface area contributed by atoms with Gasteiger partial charge in [-0.1, -0.05) is 20.8 Å². The summed E-state index contributed by atoms with van der Waals surface area (Å²) in [7, 11) is 0. The van der Waals surface area contributed by atoms with Crippen LogP contribution >= 0.6 is 11.6 Å². The number of hydrogen-bond donors (Lipinski definition) is 1. The maximum atomic E-state index is 5.65. The van der Waals surface area contributed by atoms with E-state index in [1.54, 1.807) is 6.20 Å². The molecule has 0 bridgehead atoms. The number of nitrogens with one attached hydrogen (secondary N) is 1. The molecule has 0 saturated heterocycles. The van der Waals surface area contributed by atoms with Crippen molar-refractivity contribution in [2.75, 3.05) is 11.9 Å². The van der Waals surface area contributed by atoms with Crippen LogP contribution in [0.4, 0.5) is 5.82 Å². The van der Waals surface area contributed by atoms with Crippen molar-refractivity contribution in [3.05, 3.63) is 17.5 Å². The molecule has 78 valence electrons. The second-order valence-electron chi connectivity index (χ2n) is 4.45. The van der Waals surface area contributed by atoms with Crippen LogP contribution in [0.3, 0.4) is 0 Å². The van der Waals surface area contributed by atoms with E-state index in [-0.39, 0.29) is 5.28 Å². The highest BCUT2D eigenvalue weighted by Gasteiger charge is 2.09. The molecule has 0 aliphatic carbocycles. The fourth-order valence-electron chi connectivity index (χ4n) is 0.999. The maximum Gasteiger partial charge on any atom is 0.224 e. The van der Waals surface area contributed by atoms with E-state index >= 15 is 0 Å². The minimum atomic E-state index is 0.283. The Kier molecular flexibility index (Phi) is 3.69. The van der Waals surface area contributed by atoms with Crippen LogP contribution < -0.4 is 5.32 Å². The van der Waals surface area contributed by atoms with E-state index in [0.717, 1.165) is 18.8 Å². The molecule has 0 saturated carbocycles. The van der Waals surface area contributed by atoms with Gasteiger partial charge in [0, 0.05) is 12.7 Å². The molecule has 0 aromatic carbocycles. The first kappa shape index (κ1) is 11.2. The Labute approximate surface area is 89.9 Å². The minimum Gasteiger partial charge on any atom is -0.370 e. The van der Waals surface area contributed by atoms with Crippen molar-refractivity contribution < 1.29 is 0 Å². The molecule has 1 aromatic rings. The molecule has 1 rings (SSSR count). The summed E-state index contributed by atoms with van der Waals surface area (Å²) in [5.41, 5.74) is 0.337. The van der Waals surface area contributed by atoms with Crippen LogP contribution in [0.2, 0.25) is 5.28 Å². The highest BCUT2D eigenvalue weighted by atomic mass is 35.5. The standard InChI is InChI=1S/C10H16ClN3/c1-10(2,3)5-7-12-8-4-6-13-9(11)14-8/h4,6H,5,7H2,1-3H3,(H,12,13,14). The van der Waals surface area contributed by atoms with E-state index in [9.17, 15) is 0 Å². The third kappa shape index (κ3) is 4.42. The van der Waals surface area contributed by atoms with Crippen molar-refractivity contribution in [2.24, 2.45) is 5.41 Å². The van der Waals surface area contributed by atoms with Crippen LogP contribution in [-0.4, -0.2) is 16.5 Å². The quantitative estimate of drug-likeness (QED) is 0.785. The molecule has 0 aliphatic rings. The molecule has 0 fully saturated rings. The molecule has 3 nitrogen and oxygen atoms in total.